The highest BCUT2D eigenvalue weighted by molar-refractivity contribution is 9.11. The van der Waals surface area contributed by atoms with Gasteiger partial charge in [0, 0.05) is 8.95 Å². The van der Waals surface area contributed by atoms with E-state index >= 15 is 0 Å². The number of carbonyl (C=O) groups is 1. The Hall–Kier alpha value is -0.440. The van der Waals surface area contributed by atoms with E-state index in [1.165, 1.54) is 6.07 Å². The van der Waals surface area contributed by atoms with E-state index in [2.05, 4.69) is 36.6 Å². The van der Waals surface area contributed by atoms with Crippen molar-refractivity contribution in [1.82, 2.24) is 4.72 Å². The van der Waals surface area contributed by atoms with Crippen molar-refractivity contribution in [3.05, 3.63) is 26.6 Å². The van der Waals surface area contributed by atoms with Crippen molar-refractivity contribution in [3.63, 3.8) is 0 Å². The van der Waals surface area contributed by atoms with Gasteiger partial charge in [-0.2, -0.15) is 4.72 Å². The number of sulfonamides is 1. The van der Waals surface area contributed by atoms with E-state index in [0.29, 0.717) is 8.95 Å². The second kappa shape index (κ2) is 7.21. The van der Waals surface area contributed by atoms with Crippen molar-refractivity contribution in [3.8, 4) is 0 Å². The average Bonchev–Trinajstić information content (AvgIpc) is 2.31. The molecular weight excluding hydrogens is 426 g/mol. The third-order valence-electron chi connectivity index (χ3n) is 2.81. The van der Waals surface area contributed by atoms with Gasteiger partial charge in [-0.05, 0) is 52.9 Å². The van der Waals surface area contributed by atoms with E-state index in [4.69, 9.17) is 5.11 Å². The molecule has 0 heterocycles. The monoisotopic (exact) mass is 441 g/mol. The van der Waals surface area contributed by atoms with E-state index in [-0.39, 0.29) is 17.2 Å². The van der Waals surface area contributed by atoms with E-state index in [1.807, 2.05) is 20.8 Å². The van der Waals surface area contributed by atoms with Gasteiger partial charge in [-0.25, -0.2) is 8.42 Å². The number of aliphatic carboxylic acids is 1. The lowest BCUT2D eigenvalue weighted by Crippen LogP contribution is -2.41. The highest BCUT2D eigenvalue weighted by atomic mass is 79.9. The summed E-state index contributed by atoms with van der Waals surface area (Å²) in [6, 6.07) is 1.97. The smallest absolute Gasteiger partial charge is 0.321 e. The molecule has 21 heavy (non-hydrogen) atoms. The quantitative estimate of drug-likeness (QED) is 0.707. The second-order valence-corrected chi connectivity index (χ2v) is 8.56. The fraction of sp³-hybridized carbons (Fsp3) is 0.462. The van der Waals surface area contributed by atoms with Gasteiger partial charge in [0.1, 0.15) is 6.04 Å². The largest absolute Gasteiger partial charge is 0.480 e. The lowest BCUT2D eigenvalue weighted by atomic mass is 10.1. The molecule has 0 amide bonds. The number of hydrogen-bond acceptors (Lipinski definition) is 3. The molecule has 1 unspecified atom stereocenters. The predicted octanol–water partition coefficient (Wildman–Crippen LogP) is 3.30. The van der Waals surface area contributed by atoms with Crippen molar-refractivity contribution >= 4 is 47.9 Å². The first-order chi connectivity index (χ1) is 9.54. The number of rotatable bonds is 6. The molecule has 0 aliphatic rings. The molecule has 5 nitrogen and oxygen atoms in total. The Bertz CT molecular complexity index is 644. The molecule has 1 aromatic rings. The Morgan fingerprint density at radius 1 is 1.29 bits per heavy atom. The number of hydrogen-bond donors (Lipinski definition) is 2. The van der Waals surface area contributed by atoms with Gasteiger partial charge in [0.2, 0.25) is 10.0 Å². The van der Waals surface area contributed by atoms with Gasteiger partial charge < -0.3 is 5.11 Å². The molecule has 8 heteroatoms. The zero-order valence-electron chi connectivity index (χ0n) is 11.9. The maximum atomic E-state index is 12.4. The minimum absolute atomic E-state index is 0.00924. The molecule has 0 saturated carbocycles. The summed E-state index contributed by atoms with van der Waals surface area (Å²) in [6.45, 7) is 5.50. The van der Waals surface area contributed by atoms with Gasteiger partial charge >= 0.3 is 5.97 Å². The van der Waals surface area contributed by atoms with Gasteiger partial charge in [0.25, 0.3) is 0 Å². The molecular formula is C13H17Br2NO4S. The number of aryl methyl sites for hydroxylation is 1. The van der Waals surface area contributed by atoms with Crippen LogP contribution in [0.25, 0.3) is 0 Å². The summed E-state index contributed by atoms with van der Waals surface area (Å²) in [7, 11) is -3.93. The van der Waals surface area contributed by atoms with Crippen LogP contribution in [0.2, 0.25) is 0 Å². The molecule has 2 N–H and O–H groups in total. The summed E-state index contributed by atoms with van der Waals surface area (Å²) in [6.07, 6.45) is 0.221. The van der Waals surface area contributed by atoms with Crippen LogP contribution < -0.4 is 4.72 Å². The van der Waals surface area contributed by atoms with Crippen LogP contribution in [-0.2, 0) is 14.8 Å². The molecule has 0 bridgehead atoms. The normalized spacial score (nSPS) is 13.4. The van der Waals surface area contributed by atoms with Gasteiger partial charge in [-0.1, -0.05) is 29.8 Å². The van der Waals surface area contributed by atoms with Crippen LogP contribution in [0.1, 0.15) is 25.8 Å². The Labute approximate surface area is 141 Å². The van der Waals surface area contributed by atoms with Crippen LogP contribution >= 0.6 is 31.9 Å². The highest BCUT2D eigenvalue weighted by Gasteiger charge is 2.27. The summed E-state index contributed by atoms with van der Waals surface area (Å²) in [5, 5.41) is 9.15. The Morgan fingerprint density at radius 2 is 1.86 bits per heavy atom. The van der Waals surface area contributed by atoms with Crippen LogP contribution in [0.3, 0.4) is 0 Å². The number of nitrogens with one attached hydrogen (secondary N) is 1. The SMILES string of the molecule is Cc1cc(Br)c(S(=O)(=O)NC(CC(C)C)C(=O)O)cc1Br. The first kappa shape index (κ1) is 18.6. The first-order valence-corrected chi connectivity index (χ1v) is 9.32. The van der Waals surface area contributed by atoms with E-state index < -0.39 is 22.0 Å². The van der Waals surface area contributed by atoms with E-state index in [0.717, 1.165) is 5.56 Å². The molecule has 1 atom stereocenters. The fourth-order valence-corrected chi connectivity index (χ4v) is 4.63. The van der Waals surface area contributed by atoms with Crippen molar-refractivity contribution in [2.75, 3.05) is 0 Å². The number of carboxylic acids is 1. The Kier molecular flexibility index (Phi) is 6.39. The minimum atomic E-state index is -3.93. The van der Waals surface area contributed by atoms with Crippen LogP contribution in [0.5, 0.6) is 0 Å². The van der Waals surface area contributed by atoms with E-state index in [9.17, 15) is 13.2 Å². The predicted molar refractivity (Wildman–Crippen MR) is 87.8 cm³/mol. The number of carboxylic acid groups (broad SMARTS) is 1. The topological polar surface area (TPSA) is 83.5 Å². The molecule has 118 valence electrons. The van der Waals surface area contributed by atoms with Gasteiger partial charge in [-0.3, -0.25) is 4.79 Å². The van der Waals surface area contributed by atoms with Crippen LogP contribution in [0.15, 0.2) is 26.0 Å². The first-order valence-electron chi connectivity index (χ1n) is 6.25. The second-order valence-electron chi connectivity index (χ2n) is 5.17. The summed E-state index contributed by atoms with van der Waals surface area (Å²) < 4.78 is 28.1. The molecule has 0 aliphatic heterocycles. The minimum Gasteiger partial charge on any atom is -0.480 e. The lowest BCUT2D eigenvalue weighted by molar-refractivity contribution is -0.139. The zero-order valence-corrected chi connectivity index (χ0v) is 15.8. The summed E-state index contributed by atoms with van der Waals surface area (Å²) in [4.78, 5) is 11.2. The van der Waals surface area contributed by atoms with Crippen molar-refractivity contribution in [2.24, 2.45) is 5.92 Å². The fourth-order valence-electron chi connectivity index (χ4n) is 1.76. The molecule has 0 fully saturated rings. The maximum Gasteiger partial charge on any atom is 0.321 e. The van der Waals surface area contributed by atoms with Gasteiger partial charge in [0.15, 0.2) is 0 Å². The zero-order chi connectivity index (χ0) is 16.4. The molecule has 0 radical (unpaired) electrons. The lowest BCUT2D eigenvalue weighted by Gasteiger charge is -2.17. The number of halogens is 2. The third kappa shape index (κ3) is 5.05. The molecule has 1 rings (SSSR count). The Balaban J connectivity index is 3.16. The molecule has 0 aliphatic carbocycles. The van der Waals surface area contributed by atoms with Crippen LogP contribution in [0.4, 0.5) is 0 Å². The number of benzene rings is 1. The van der Waals surface area contributed by atoms with Gasteiger partial charge in [0.05, 0.1) is 4.90 Å². The van der Waals surface area contributed by atoms with Gasteiger partial charge in [-0.15, -0.1) is 0 Å². The van der Waals surface area contributed by atoms with E-state index in [1.54, 1.807) is 6.07 Å². The molecule has 0 spiro atoms. The highest BCUT2D eigenvalue weighted by Crippen LogP contribution is 2.29. The van der Waals surface area contributed by atoms with Crippen molar-refractivity contribution in [1.29, 1.82) is 0 Å². The maximum absolute atomic E-state index is 12.4. The average molecular weight is 443 g/mol. The standard InChI is InChI=1S/C13H17Br2NO4S/c1-7(2)4-11(13(17)18)16-21(19,20)12-6-9(14)8(3)5-10(12)15/h5-7,11,16H,4H2,1-3H3,(H,17,18). The van der Waals surface area contributed by atoms with Crippen molar-refractivity contribution < 1.29 is 18.3 Å². The Morgan fingerprint density at radius 3 is 2.33 bits per heavy atom. The van der Waals surface area contributed by atoms with Crippen LogP contribution in [0, 0.1) is 12.8 Å². The van der Waals surface area contributed by atoms with Crippen molar-refractivity contribution in [2.45, 2.75) is 38.1 Å². The summed E-state index contributed by atoms with van der Waals surface area (Å²) in [5.41, 5.74) is 0.873. The summed E-state index contributed by atoms with van der Waals surface area (Å²) >= 11 is 6.49. The third-order valence-corrected chi connectivity index (χ3v) is 6.09. The summed E-state index contributed by atoms with van der Waals surface area (Å²) in [5.74, 6) is -1.13. The molecule has 0 saturated heterocycles. The van der Waals surface area contributed by atoms with Crippen LogP contribution in [-0.4, -0.2) is 25.5 Å². The molecule has 1 aromatic carbocycles. The molecule has 0 aromatic heterocycles.